The molecule has 1 fully saturated rings. The molecule has 0 atom stereocenters. The molecular weight excluding hydrogens is 435 g/mol. The number of halogens is 1. The molecule has 0 bridgehead atoms. The third-order valence-corrected chi connectivity index (χ3v) is 5.82. The van der Waals surface area contributed by atoms with Gasteiger partial charge in [0.15, 0.2) is 11.6 Å². The van der Waals surface area contributed by atoms with Gasteiger partial charge in [-0.2, -0.15) is 4.98 Å². The van der Waals surface area contributed by atoms with E-state index >= 15 is 0 Å². The Morgan fingerprint density at radius 3 is 2.53 bits per heavy atom. The van der Waals surface area contributed by atoms with Gasteiger partial charge >= 0.3 is 0 Å². The Morgan fingerprint density at radius 2 is 1.79 bits per heavy atom. The van der Waals surface area contributed by atoms with E-state index in [2.05, 4.69) is 25.6 Å². The maximum Gasteiger partial charge on any atom is 0.257 e. The number of ether oxygens (including phenoxy) is 1. The summed E-state index contributed by atoms with van der Waals surface area (Å²) in [6.45, 7) is 1.99. The molecule has 9 heteroatoms. The van der Waals surface area contributed by atoms with Gasteiger partial charge < -0.3 is 20.3 Å². The van der Waals surface area contributed by atoms with Gasteiger partial charge in [-0.25, -0.2) is 14.4 Å². The molecule has 0 spiro atoms. The van der Waals surface area contributed by atoms with Crippen LogP contribution in [-0.2, 0) is 0 Å². The fourth-order valence-electron chi connectivity index (χ4n) is 4.06. The second kappa shape index (κ2) is 10.5. The van der Waals surface area contributed by atoms with Crippen molar-refractivity contribution in [2.45, 2.75) is 44.7 Å². The second-order valence-corrected chi connectivity index (χ2v) is 8.65. The van der Waals surface area contributed by atoms with Crippen LogP contribution in [0.3, 0.4) is 0 Å². The predicted molar refractivity (Wildman–Crippen MR) is 129 cm³/mol. The van der Waals surface area contributed by atoms with Crippen molar-refractivity contribution in [3.8, 4) is 11.6 Å². The molecule has 2 aromatic heterocycles. The normalized spacial score (nSPS) is 17.6. The first-order valence-electron chi connectivity index (χ1n) is 11.4. The Hall–Kier alpha value is -3.75. The first-order valence-corrected chi connectivity index (χ1v) is 11.4. The molecule has 0 radical (unpaired) electrons. The molecule has 178 valence electrons. The van der Waals surface area contributed by atoms with Gasteiger partial charge in [-0.15, -0.1) is 0 Å². The summed E-state index contributed by atoms with van der Waals surface area (Å²) in [5.41, 5.74) is 1.30. The fourth-order valence-corrected chi connectivity index (χ4v) is 4.06. The topological polar surface area (TPSA) is 92.3 Å². The number of carbonyl (C=O) groups excluding carboxylic acids is 1. The second-order valence-electron chi connectivity index (χ2n) is 8.65. The number of rotatable bonds is 7. The lowest BCUT2D eigenvalue weighted by molar-refractivity contribution is 0.0923. The quantitative estimate of drug-likeness (QED) is 0.538. The van der Waals surface area contributed by atoms with E-state index in [-0.39, 0.29) is 35.2 Å². The lowest BCUT2D eigenvalue weighted by atomic mass is 9.91. The summed E-state index contributed by atoms with van der Waals surface area (Å²) in [7, 11) is 3.92. The first-order chi connectivity index (χ1) is 16.4. The van der Waals surface area contributed by atoms with Gasteiger partial charge in [0.25, 0.3) is 5.91 Å². The maximum atomic E-state index is 14.0. The van der Waals surface area contributed by atoms with Gasteiger partial charge in [-0.1, -0.05) is 12.1 Å². The van der Waals surface area contributed by atoms with E-state index in [9.17, 15) is 9.18 Å². The van der Waals surface area contributed by atoms with Crippen molar-refractivity contribution in [3.63, 3.8) is 0 Å². The molecular formula is C25H29FN6O2. The van der Waals surface area contributed by atoms with Crippen LogP contribution in [0.2, 0.25) is 0 Å². The fraction of sp³-hybridized carbons (Fsp3) is 0.360. The summed E-state index contributed by atoms with van der Waals surface area (Å²) in [5.74, 6) is 0.815. The zero-order valence-corrected chi connectivity index (χ0v) is 19.6. The van der Waals surface area contributed by atoms with E-state index in [1.165, 1.54) is 18.3 Å². The van der Waals surface area contributed by atoms with Crippen molar-refractivity contribution in [1.82, 2.24) is 20.3 Å². The molecule has 1 saturated carbocycles. The molecule has 3 aromatic rings. The average molecular weight is 465 g/mol. The van der Waals surface area contributed by atoms with Gasteiger partial charge in [-0.05, 0) is 56.9 Å². The summed E-state index contributed by atoms with van der Waals surface area (Å²) in [6, 6.07) is 9.60. The van der Waals surface area contributed by atoms with Crippen LogP contribution in [0.25, 0.3) is 0 Å². The molecule has 34 heavy (non-hydrogen) atoms. The van der Waals surface area contributed by atoms with Crippen molar-refractivity contribution in [1.29, 1.82) is 0 Å². The minimum absolute atomic E-state index is 0.0255. The Morgan fingerprint density at radius 1 is 1.06 bits per heavy atom. The van der Waals surface area contributed by atoms with E-state index in [1.807, 2.05) is 32.1 Å². The minimum atomic E-state index is -0.513. The Labute approximate surface area is 198 Å². The van der Waals surface area contributed by atoms with Crippen LogP contribution in [0.1, 0.15) is 41.6 Å². The minimum Gasteiger partial charge on any atom is -0.435 e. The van der Waals surface area contributed by atoms with E-state index < -0.39 is 5.82 Å². The van der Waals surface area contributed by atoms with E-state index in [0.717, 1.165) is 37.1 Å². The number of carbonyl (C=O) groups is 1. The highest BCUT2D eigenvalue weighted by molar-refractivity contribution is 5.96. The Balaban J connectivity index is 1.34. The molecule has 1 aliphatic rings. The maximum absolute atomic E-state index is 14.0. The molecule has 1 aromatic carbocycles. The van der Waals surface area contributed by atoms with Crippen molar-refractivity contribution in [3.05, 3.63) is 65.7 Å². The monoisotopic (exact) mass is 464 g/mol. The van der Waals surface area contributed by atoms with Gasteiger partial charge in [-0.3, -0.25) is 4.79 Å². The SMILES string of the molecule is Cc1cnc(N[C@H]2CC[C@@H](NC(=O)c3cccnc3Oc3ccccc3F)CC2)nc1N(C)C. The van der Waals surface area contributed by atoms with Crippen molar-refractivity contribution in [2.24, 2.45) is 0 Å². The number of nitrogens with one attached hydrogen (secondary N) is 2. The van der Waals surface area contributed by atoms with E-state index in [1.54, 1.807) is 24.3 Å². The highest BCUT2D eigenvalue weighted by atomic mass is 19.1. The van der Waals surface area contributed by atoms with Gasteiger partial charge in [0.05, 0.1) is 0 Å². The molecule has 1 aliphatic carbocycles. The molecule has 8 nitrogen and oxygen atoms in total. The van der Waals surface area contributed by atoms with Crippen LogP contribution in [-0.4, -0.2) is 47.0 Å². The lowest BCUT2D eigenvalue weighted by Crippen LogP contribution is -2.40. The number of para-hydroxylation sites is 1. The number of benzene rings is 1. The van der Waals surface area contributed by atoms with Crippen LogP contribution in [0.15, 0.2) is 48.8 Å². The molecule has 1 amide bonds. The molecule has 4 rings (SSSR count). The van der Waals surface area contributed by atoms with Crippen LogP contribution in [0, 0.1) is 12.7 Å². The average Bonchev–Trinajstić information content (AvgIpc) is 2.83. The summed E-state index contributed by atoms with van der Waals surface area (Å²) in [6.07, 6.45) is 6.74. The van der Waals surface area contributed by atoms with Crippen molar-refractivity contribution >= 4 is 17.7 Å². The first kappa shape index (κ1) is 23.4. The largest absolute Gasteiger partial charge is 0.435 e. The summed E-state index contributed by atoms with van der Waals surface area (Å²) in [5, 5.41) is 6.50. The van der Waals surface area contributed by atoms with E-state index in [4.69, 9.17) is 4.74 Å². The van der Waals surface area contributed by atoms with Crippen molar-refractivity contribution in [2.75, 3.05) is 24.3 Å². The van der Waals surface area contributed by atoms with E-state index in [0.29, 0.717) is 5.95 Å². The third-order valence-electron chi connectivity index (χ3n) is 5.82. The van der Waals surface area contributed by atoms with Crippen LogP contribution >= 0.6 is 0 Å². The molecule has 0 unspecified atom stereocenters. The smallest absolute Gasteiger partial charge is 0.257 e. The number of hydrogen-bond donors (Lipinski definition) is 2. The third kappa shape index (κ3) is 5.59. The Bertz CT molecular complexity index is 1150. The molecule has 2 N–H and O–H groups in total. The standard InChI is InChI=1S/C25H29FN6O2/c1-16-15-28-25(31-22(16)32(2)3)30-18-12-10-17(11-13-18)29-23(33)19-7-6-14-27-24(19)34-21-9-5-4-8-20(21)26/h4-9,14-15,17-18H,10-13H2,1-3H3,(H,29,33)(H,28,30,31)/t17-,18+. The highest BCUT2D eigenvalue weighted by Crippen LogP contribution is 2.27. The Kier molecular flexibility index (Phi) is 7.20. The molecule has 0 saturated heterocycles. The number of aryl methyl sites for hydroxylation is 1. The van der Waals surface area contributed by atoms with Crippen LogP contribution in [0.4, 0.5) is 16.2 Å². The number of nitrogens with zero attached hydrogens (tertiary/aromatic N) is 4. The number of pyridine rings is 1. The molecule has 2 heterocycles. The number of hydrogen-bond acceptors (Lipinski definition) is 7. The number of aromatic nitrogens is 3. The number of anilines is 2. The molecule has 0 aliphatic heterocycles. The van der Waals surface area contributed by atoms with Crippen molar-refractivity contribution < 1.29 is 13.9 Å². The lowest BCUT2D eigenvalue weighted by Gasteiger charge is -2.30. The van der Waals surface area contributed by atoms with Crippen LogP contribution < -0.4 is 20.3 Å². The van der Waals surface area contributed by atoms with Gasteiger partial charge in [0.1, 0.15) is 11.4 Å². The van der Waals surface area contributed by atoms with Crippen LogP contribution in [0.5, 0.6) is 11.6 Å². The summed E-state index contributed by atoms with van der Waals surface area (Å²) < 4.78 is 19.6. The highest BCUT2D eigenvalue weighted by Gasteiger charge is 2.25. The number of amides is 1. The zero-order valence-electron chi connectivity index (χ0n) is 19.6. The summed E-state index contributed by atoms with van der Waals surface area (Å²) >= 11 is 0. The van der Waals surface area contributed by atoms with Gasteiger partial charge in [0, 0.05) is 44.1 Å². The summed E-state index contributed by atoms with van der Waals surface area (Å²) in [4.78, 5) is 28.1. The van der Waals surface area contributed by atoms with Gasteiger partial charge in [0.2, 0.25) is 11.8 Å². The predicted octanol–water partition coefficient (Wildman–Crippen LogP) is 4.33. The zero-order chi connectivity index (χ0) is 24.1.